The van der Waals surface area contributed by atoms with Crippen molar-refractivity contribution in [2.45, 2.75) is 26.1 Å². The number of nitrogens with one attached hydrogen (secondary N) is 2. The van der Waals surface area contributed by atoms with Crippen LogP contribution in [0.15, 0.2) is 53.7 Å². The molecule has 0 unspecified atom stereocenters. The smallest absolute Gasteiger partial charge is 0.406 e. The van der Waals surface area contributed by atoms with Crippen LogP contribution in [0.3, 0.4) is 0 Å². The molecule has 0 radical (unpaired) electrons. The van der Waals surface area contributed by atoms with Gasteiger partial charge in [-0.1, -0.05) is 18.2 Å². The van der Waals surface area contributed by atoms with Crippen molar-refractivity contribution in [2.24, 2.45) is 4.99 Å². The maximum atomic E-state index is 12.2. The molecule has 0 atom stereocenters. The van der Waals surface area contributed by atoms with E-state index in [4.69, 9.17) is 0 Å². The standard InChI is InChI=1S/C19H23F3N4O.HI/c1-2-23-18(26-14-11-16-5-3-4-12-24-16)25-13-10-15-6-8-17(9-7-15)27-19(20,21)22;/h3-9,12H,2,10-11,13-14H2,1H3,(H2,23,25,26);1H. The first-order valence-electron chi connectivity index (χ1n) is 8.73. The van der Waals surface area contributed by atoms with Crippen LogP contribution in [0, 0.1) is 0 Å². The van der Waals surface area contributed by atoms with E-state index in [1.807, 2.05) is 25.1 Å². The van der Waals surface area contributed by atoms with Crippen molar-refractivity contribution in [1.82, 2.24) is 15.6 Å². The van der Waals surface area contributed by atoms with Crippen molar-refractivity contribution < 1.29 is 17.9 Å². The van der Waals surface area contributed by atoms with Crippen LogP contribution in [0.5, 0.6) is 5.75 Å². The third-order valence-electron chi connectivity index (χ3n) is 3.57. The topological polar surface area (TPSA) is 58.5 Å². The van der Waals surface area contributed by atoms with Gasteiger partial charge in [-0.25, -0.2) is 0 Å². The van der Waals surface area contributed by atoms with Gasteiger partial charge in [0, 0.05) is 37.9 Å². The molecular formula is C19H24F3IN4O. The zero-order valence-electron chi connectivity index (χ0n) is 15.5. The van der Waals surface area contributed by atoms with Crippen molar-refractivity contribution in [2.75, 3.05) is 19.6 Å². The largest absolute Gasteiger partial charge is 0.573 e. The molecule has 0 fully saturated rings. The number of hydrogen-bond acceptors (Lipinski definition) is 3. The number of benzene rings is 1. The lowest BCUT2D eigenvalue weighted by Crippen LogP contribution is -2.38. The maximum Gasteiger partial charge on any atom is 0.573 e. The van der Waals surface area contributed by atoms with Crippen LogP contribution in [0.4, 0.5) is 13.2 Å². The number of rotatable bonds is 8. The molecule has 0 aliphatic heterocycles. The van der Waals surface area contributed by atoms with E-state index >= 15 is 0 Å². The number of alkyl halides is 3. The minimum Gasteiger partial charge on any atom is -0.406 e. The van der Waals surface area contributed by atoms with Crippen molar-refractivity contribution in [1.29, 1.82) is 0 Å². The molecule has 0 amide bonds. The van der Waals surface area contributed by atoms with Crippen molar-refractivity contribution in [3.8, 4) is 5.75 Å². The predicted octanol–water partition coefficient (Wildman–Crippen LogP) is 3.94. The average Bonchev–Trinajstić information content (AvgIpc) is 2.63. The summed E-state index contributed by atoms with van der Waals surface area (Å²) in [6, 6.07) is 11.6. The maximum absolute atomic E-state index is 12.2. The molecule has 154 valence electrons. The fraction of sp³-hybridized carbons (Fsp3) is 0.368. The van der Waals surface area contributed by atoms with Crippen LogP contribution < -0.4 is 15.4 Å². The van der Waals surface area contributed by atoms with Gasteiger partial charge in [0.2, 0.25) is 0 Å². The number of guanidine groups is 1. The minimum atomic E-state index is -4.67. The van der Waals surface area contributed by atoms with Gasteiger partial charge in [0.25, 0.3) is 0 Å². The minimum absolute atomic E-state index is 0. The summed E-state index contributed by atoms with van der Waals surface area (Å²) in [6.07, 6.45) is -1.52. The molecule has 0 aliphatic rings. The summed E-state index contributed by atoms with van der Waals surface area (Å²) in [7, 11) is 0. The quantitative estimate of drug-likeness (QED) is 0.323. The number of aliphatic imine (C=N–C) groups is 1. The Labute approximate surface area is 179 Å². The second-order valence-electron chi connectivity index (χ2n) is 5.70. The molecule has 9 heteroatoms. The highest BCUT2D eigenvalue weighted by molar-refractivity contribution is 14.0. The number of halogens is 4. The van der Waals surface area contributed by atoms with Gasteiger partial charge in [-0.2, -0.15) is 0 Å². The Hall–Kier alpha value is -2.04. The van der Waals surface area contributed by atoms with Gasteiger partial charge in [0.05, 0.1) is 0 Å². The zero-order valence-corrected chi connectivity index (χ0v) is 17.8. The van der Waals surface area contributed by atoms with Gasteiger partial charge in [-0.15, -0.1) is 37.1 Å². The molecule has 0 aliphatic carbocycles. The Morgan fingerprint density at radius 2 is 1.82 bits per heavy atom. The first kappa shape index (κ1) is 24.0. The summed E-state index contributed by atoms with van der Waals surface area (Å²) >= 11 is 0. The van der Waals surface area contributed by atoms with Crippen LogP contribution in [0.2, 0.25) is 0 Å². The second kappa shape index (κ2) is 12.4. The third-order valence-corrected chi connectivity index (χ3v) is 3.57. The molecule has 0 saturated heterocycles. The van der Waals surface area contributed by atoms with Crippen LogP contribution in [-0.4, -0.2) is 36.9 Å². The molecule has 0 saturated carbocycles. The molecule has 5 nitrogen and oxygen atoms in total. The van der Waals surface area contributed by atoms with Crippen molar-refractivity contribution in [3.63, 3.8) is 0 Å². The highest BCUT2D eigenvalue weighted by atomic mass is 127. The molecule has 2 aromatic rings. The molecule has 1 aromatic heterocycles. The lowest BCUT2D eigenvalue weighted by Gasteiger charge is -2.12. The van der Waals surface area contributed by atoms with E-state index in [-0.39, 0.29) is 29.7 Å². The summed E-state index contributed by atoms with van der Waals surface area (Å²) in [6.45, 7) is 3.93. The van der Waals surface area contributed by atoms with Gasteiger partial charge in [0.15, 0.2) is 5.96 Å². The van der Waals surface area contributed by atoms with Crippen molar-refractivity contribution in [3.05, 3.63) is 59.9 Å². The van der Waals surface area contributed by atoms with Gasteiger partial charge >= 0.3 is 6.36 Å². The Balaban J connectivity index is 0.00000392. The van der Waals surface area contributed by atoms with Crippen LogP contribution >= 0.6 is 24.0 Å². The van der Waals surface area contributed by atoms with Crippen LogP contribution in [-0.2, 0) is 12.8 Å². The van der Waals surface area contributed by atoms with Crippen LogP contribution in [0.25, 0.3) is 0 Å². The molecule has 1 heterocycles. The Morgan fingerprint density at radius 1 is 1.07 bits per heavy atom. The average molecular weight is 508 g/mol. The van der Waals surface area contributed by atoms with E-state index in [1.54, 1.807) is 18.3 Å². The van der Waals surface area contributed by atoms with E-state index in [0.717, 1.165) is 24.2 Å². The van der Waals surface area contributed by atoms with E-state index in [0.29, 0.717) is 25.5 Å². The Morgan fingerprint density at radius 3 is 2.43 bits per heavy atom. The first-order valence-corrected chi connectivity index (χ1v) is 8.73. The lowest BCUT2D eigenvalue weighted by molar-refractivity contribution is -0.274. The number of nitrogens with zero attached hydrogens (tertiary/aromatic N) is 2. The lowest BCUT2D eigenvalue weighted by atomic mass is 10.1. The van der Waals surface area contributed by atoms with E-state index in [9.17, 15) is 13.2 Å². The molecule has 1 aromatic carbocycles. The Kier molecular flexibility index (Phi) is 10.6. The third kappa shape index (κ3) is 9.77. The number of ether oxygens (including phenoxy) is 1. The fourth-order valence-electron chi connectivity index (χ4n) is 2.35. The molecule has 0 bridgehead atoms. The molecule has 2 rings (SSSR count). The normalized spacial score (nSPS) is 11.5. The van der Waals surface area contributed by atoms with E-state index in [1.165, 1.54) is 12.1 Å². The van der Waals surface area contributed by atoms with Gasteiger partial charge in [0.1, 0.15) is 5.75 Å². The number of hydrogen-bond donors (Lipinski definition) is 2. The fourth-order valence-corrected chi connectivity index (χ4v) is 2.35. The molecular weight excluding hydrogens is 484 g/mol. The first-order chi connectivity index (χ1) is 13.0. The molecule has 28 heavy (non-hydrogen) atoms. The monoisotopic (exact) mass is 508 g/mol. The van der Waals surface area contributed by atoms with Crippen LogP contribution in [0.1, 0.15) is 18.2 Å². The summed E-state index contributed by atoms with van der Waals surface area (Å²) in [5.41, 5.74) is 1.89. The highest BCUT2D eigenvalue weighted by Gasteiger charge is 2.30. The van der Waals surface area contributed by atoms with Gasteiger partial charge < -0.3 is 15.4 Å². The highest BCUT2D eigenvalue weighted by Crippen LogP contribution is 2.22. The zero-order chi connectivity index (χ0) is 19.5. The molecule has 2 N–H and O–H groups in total. The summed E-state index contributed by atoms with van der Waals surface area (Å²) in [4.78, 5) is 8.77. The van der Waals surface area contributed by atoms with Gasteiger partial charge in [-0.3, -0.25) is 9.98 Å². The van der Waals surface area contributed by atoms with Crippen molar-refractivity contribution >= 4 is 29.9 Å². The summed E-state index contributed by atoms with van der Waals surface area (Å²) in [5.74, 6) is 0.481. The SMILES string of the molecule is CCNC(=NCCc1ccccn1)NCCc1ccc(OC(F)(F)F)cc1.I. The summed E-state index contributed by atoms with van der Waals surface area (Å²) in [5, 5.41) is 6.38. The second-order valence-corrected chi connectivity index (χ2v) is 5.70. The number of aromatic nitrogens is 1. The van der Waals surface area contributed by atoms with Gasteiger partial charge in [-0.05, 0) is 43.2 Å². The predicted molar refractivity (Wildman–Crippen MR) is 114 cm³/mol. The molecule has 0 spiro atoms. The van der Waals surface area contributed by atoms with E-state index in [2.05, 4.69) is 25.3 Å². The number of pyridine rings is 1. The summed E-state index contributed by atoms with van der Waals surface area (Å²) < 4.78 is 40.3. The van der Waals surface area contributed by atoms with E-state index < -0.39 is 6.36 Å². The Bertz CT molecular complexity index is 709.